The molecule has 0 fully saturated rings. The molecule has 2 aromatic heterocycles. The van der Waals surface area contributed by atoms with Crippen LogP contribution in [0.4, 0.5) is 20.4 Å². The number of halogens is 2. The molecule has 2 aromatic carbocycles. The zero-order valence-corrected chi connectivity index (χ0v) is 22.4. The lowest BCUT2D eigenvalue weighted by Gasteiger charge is -2.06. The highest BCUT2D eigenvalue weighted by Gasteiger charge is 2.20. The molecule has 0 aliphatic carbocycles. The van der Waals surface area contributed by atoms with Crippen molar-refractivity contribution in [3.05, 3.63) is 84.7 Å². The summed E-state index contributed by atoms with van der Waals surface area (Å²) in [6, 6.07) is 13.9. The summed E-state index contributed by atoms with van der Waals surface area (Å²) in [5, 5.41) is 0. The average Bonchev–Trinajstić information content (AvgIpc) is 2.92. The first-order valence-electron chi connectivity index (χ1n) is 10.9. The molecule has 0 aliphatic heterocycles. The van der Waals surface area contributed by atoms with E-state index in [1.54, 1.807) is 43.3 Å². The van der Waals surface area contributed by atoms with Gasteiger partial charge in [0, 0.05) is 14.1 Å². The van der Waals surface area contributed by atoms with Gasteiger partial charge >= 0.3 is 32.3 Å². The number of nitrogens with two attached hydrogens (primary N) is 1. The topological polar surface area (TPSA) is 180 Å². The number of hydrogen-bond acceptors (Lipinski definition) is 12. The minimum atomic E-state index is -4.08. The van der Waals surface area contributed by atoms with Crippen molar-refractivity contribution >= 4 is 38.2 Å². The Morgan fingerprint density at radius 3 is 1.68 bits per heavy atom. The number of aliphatic imine (C=N–C) groups is 1. The van der Waals surface area contributed by atoms with Gasteiger partial charge in [0.05, 0.1) is 18.7 Å². The maximum atomic E-state index is 13.5. The molecular formula is C23H21F2N7O6S2. The predicted molar refractivity (Wildman–Crippen MR) is 139 cm³/mol. The van der Waals surface area contributed by atoms with Gasteiger partial charge in [0.25, 0.3) is 0 Å². The fraction of sp³-hybridized carbons (Fsp3) is 0.0870. The van der Waals surface area contributed by atoms with Gasteiger partial charge in [-0.1, -0.05) is 36.4 Å². The smallest absolute Gasteiger partial charge is 0.341 e. The van der Waals surface area contributed by atoms with E-state index in [2.05, 4.69) is 29.1 Å². The molecule has 13 nitrogen and oxygen atoms in total. The molecule has 0 saturated carbocycles. The average molecular weight is 594 g/mol. The molecule has 4 rings (SSSR count). The third kappa shape index (κ3) is 8.37. The highest BCUT2D eigenvalue weighted by molar-refractivity contribution is 7.87. The molecule has 4 aromatic rings. The number of nitrogens with zero attached hydrogens (tertiary/aromatic N) is 6. The molecule has 2 N–H and O–H groups in total. The zero-order valence-electron chi connectivity index (χ0n) is 20.8. The molecule has 17 heteroatoms. The fourth-order valence-corrected chi connectivity index (χ4v) is 4.24. The van der Waals surface area contributed by atoms with Crippen molar-refractivity contribution < 1.29 is 34.0 Å². The monoisotopic (exact) mass is 593 g/mol. The van der Waals surface area contributed by atoms with Crippen LogP contribution >= 0.6 is 0 Å². The predicted octanol–water partition coefficient (Wildman–Crippen LogP) is 2.57. The van der Waals surface area contributed by atoms with Crippen molar-refractivity contribution in [2.45, 2.75) is 9.79 Å². The summed E-state index contributed by atoms with van der Waals surface area (Å²) in [7, 11) is -4.74. The minimum absolute atomic E-state index is 0.0544. The first-order valence-corrected chi connectivity index (χ1v) is 13.7. The van der Waals surface area contributed by atoms with Gasteiger partial charge in [-0.15, -0.1) is 0 Å². The highest BCUT2D eigenvalue weighted by atomic mass is 32.2. The van der Waals surface area contributed by atoms with Crippen molar-refractivity contribution in [2.75, 3.05) is 19.8 Å². The summed E-state index contributed by atoms with van der Waals surface area (Å²) in [6.07, 6.45) is 2.85. The molecule has 0 unspecified atom stereocenters. The van der Waals surface area contributed by atoms with E-state index in [1.807, 2.05) is 0 Å². The highest BCUT2D eigenvalue weighted by Crippen LogP contribution is 2.20. The van der Waals surface area contributed by atoms with Crippen LogP contribution in [0.2, 0.25) is 0 Å². The molecule has 0 bridgehead atoms. The molecule has 0 radical (unpaired) electrons. The standard InChI is InChI=1S/C13H13FN4O3S.C10H8FN3O3S/c1-18(2)9-16-12-11(14)8-15-13(17-12)21-22(19,20)10-6-4-3-5-7-10;11-8-6-13-10(14-9(8)12)17-18(15,16)7-4-2-1-3-5-7/h3-9H,1-2H3;1-6H,(H2,12,13,14). The molecular weight excluding hydrogens is 572 g/mol. The summed E-state index contributed by atoms with van der Waals surface area (Å²) >= 11 is 0. The van der Waals surface area contributed by atoms with Crippen LogP contribution < -0.4 is 14.1 Å². The Kier molecular flexibility index (Phi) is 9.57. The molecule has 0 atom stereocenters. The van der Waals surface area contributed by atoms with Gasteiger partial charge in [-0.05, 0) is 24.3 Å². The van der Waals surface area contributed by atoms with Gasteiger partial charge in [0.15, 0.2) is 23.3 Å². The van der Waals surface area contributed by atoms with Crippen LogP contribution in [-0.2, 0) is 20.2 Å². The van der Waals surface area contributed by atoms with E-state index in [4.69, 9.17) is 9.92 Å². The van der Waals surface area contributed by atoms with Crippen molar-refractivity contribution in [2.24, 2.45) is 4.99 Å². The number of benzene rings is 2. The summed E-state index contributed by atoms with van der Waals surface area (Å²) in [4.78, 5) is 19.1. The van der Waals surface area contributed by atoms with Crippen LogP contribution in [0.1, 0.15) is 0 Å². The lowest BCUT2D eigenvalue weighted by Crippen LogP contribution is -2.12. The quantitative estimate of drug-likeness (QED) is 0.179. The maximum absolute atomic E-state index is 13.5. The molecule has 40 heavy (non-hydrogen) atoms. The third-order valence-electron chi connectivity index (χ3n) is 4.30. The minimum Gasteiger partial charge on any atom is -0.381 e. The SMILES string of the molecule is CN(C)C=Nc1nc(OS(=O)(=O)c2ccccc2)ncc1F.Nc1nc(OS(=O)(=O)c2ccccc2)ncc1F. The molecule has 0 aliphatic rings. The molecule has 0 saturated heterocycles. The van der Waals surface area contributed by atoms with Gasteiger partial charge in [0.2, 0.25) is 0 Å². The summed E-state index contributed by atoms with van der Waals surface area (Å²) in [6.45, 7) is 0. The second-order valence-corrected chi connectivity index (χ2v) is 10.7. The first kappa shape index (κ1) is 29.8. The lowest BCUT2D eigenvalue weighted by atomic mass is 10.4. The van der Waals surface area contributed by atoms with Gasteiger partial charge in [-0.3, -0.25) is 0 Å². The lowest BCUT2D eigenvalue weighted by molar-refractivity contribution is 0.459. The molecule has 0 spiro atoms. The van der Waals surface area contributed by atoms with E-state index in [0.717, 1.165) is 12.4 Å². The van der Waals surface area contributed by atoms with Crippen molar-refractivity contribution in [1.82, 2.24) is 24.8 Å². The van der Waals surface area contributed by atoms with Gasteiger partial charge in [-0.2, -0.15) is 36.8 Å². The zero-order chi connectivity index (χ0) is 29.3. The Bertz CT molecular complexity index is 1690. The number of hydrogen-bond donors (Lipinski definition) is 1. The normalized spacial score (nSPS) is 11.4. The molecule has 2 heterocycles. The van der Waals surface area contributed by atoms with E-state index in [1.165, 1.54) is 42.7 Å². The molecule has 0 amide bonds. The number of anilines is 1. The van der Waals surface area contributed by atoms with Crippen LogP contribution in [0.15, 0.2) is 87.8 Å². The van der Waals surface area contributed by atoms with E-state index in [-0.39, 0.29) is 15.6 Å². The van der Waals surface area contributed by atoms with Gasteiger partial charge < -0.3 is 19.0 Å². The van der Waals surface area contributed by atoms with Crippen LogP contribution in [0.25, 0.3) is 0 Å². The molecule has 210 valence electrons. The second kappa shape index (κ2) is 12.9. The van der Waals surface area contributed by atoms with E-state index in [9.17, 15) is 25.6 Å². The second-order valence-electron chi connectivity index (χ2n) is 7.62. The Balaban J connectivity index is 0.000000225. The first-order chi connectivity index (χ1) is 18.9. The maximum Gasteiger partial charge on any atom is 0.341 e. The Morgan fingerprint density at radius 2 is 1.23 bits per heavy atom. The summed E-state index contributed by atoms with van der Waals surface area (Å²) in [5.74, 6) is -2.44. The Labute approximate surface area is 228 Å². The van der Waals surface area contributed by atoms with E-state index < -0.39 is 49.7 Å². The van der Waals surface area contributed by atoms with Crippen LogP contribution in [0, 0.1) is 11.6 Å². The Hall–Kier alpha value is -4.77. The van der Waals surface area contributed by atoms with Crippen LogP contribution in [-0.4, -0.2) is 62.1 Å². The number of rotatable bonds is 8. The van der Waals surface area contributed by atoms with Gasteiger partial charge in [0.1, 0.15) is 9.79 Å². The third-order valence-corrected chi connectivity index (χ3v) is 6.73. The van der Waals surface area contributed by atoms with Crippen molar-refractivity contribution in [3.63, 3.8) is 0 Å². The fourth-order valence-electron chi connectivity index (χ4n) is 2.51. The van der Waals surface area contributed by atoms with E-state index in [0.29, 0.717) is 0 Å². The summed E-state index contributed by atoms with van der Waals surface area (Å²) in [5.41, 5.74) is 5.18. The summed E-state index contributed by atoms with van der Waals surface area (Å²) < 4.78 is 83.3. The number of aromatic nitrogens is 4. The Morgan fingerprint density at radius 1 is 0.775 bits per heavy atom. The van der Waals surface area contributed by atoms with Crippen LogP contribution in [0.3, 0.4) is 0 Å². The van der Waals surface area contributed by atoms with Crippen molar-refractivity contribution in [1.29, 1.82) is 0 Å². The van der Waals surface area contributed by atoms with E-state index >= 15 is 0 Å². The van der Waals surface area contributed by atoms with Gasteiger partial charge in [-0.25, -0.2) is 13.8 Å². The van der Waals surface area contributed by atoms with Crippen LogP contribution in [0.5, 0.6) is 12.0 Å². The van der Waals surface area contributed by atoms with Crippen molar-refractivity contribution in [3.8, 4) is 12.0 Å². The largest absolute Gasteiger partial charge is 0.381 e. The number of nitrogen functional groups attached to an aromatic ring is 1.